The van der Waals surface area contributed by atoms with Crippen molar-refractivity contribution in [2.24, 2.45) is 0 Å². The Morgan fingerprint density at radius 2 is 2.27 bits per heavy atom. The molecule has 0 saturated heterocycles. The van der Waals surface area contributed by atoms with E-state index in [1.54, 1.807) is 6.92 Å². The third-order valence-electron chi connectivity index (χ3n) is 2.21. The van der Waals surface area contributed by atoms with E-state index in [1.807, 2.05) is 25.1 Å². The monoisotopic (exact) mass is 227 g/mol. The molecule has 0 spiro atoms. The van der Waals surface area contributed by atoms with Crippen molar-refractivity contribution in [1.29, 1.82) is 0 Å². The molecule has 3 nitrogen and oxygen atoms in total. The van der Waals surface area contributed by atoms with Crippen LogP contribution in [0.5, 0.6) is 0 Å². The van der Waals surface area contributed by atoms with Crippen LogP contribution < -0.4 is 5.32 Å². The van der Waals surface area contributed by atoms with E-state index in [1.165, 1.54) is 0 Å². The highest BCUT2D eigenvalue weighted by molar-refractivity contribution is 6.31. The number of rotatable bonds is 4. The standard InChI is InChI=1S/C11H14ClNO2/c1-7-5-9(3-4-10(7)12)6-13-8(2)11(14)15/h3-5,8,13H,6H2,1-2H3,(H,14,15)/t8-/m1/s1. The number of aryl methyl sites for hydroxylation is 1. The van der Waals surface area contributed by atoms with Crippen LogP contribution in [0.4, 0.5) is 0 Å². The van der Waals surface area contributed by atoms with E-state index in [2.05, 4.69) is 5.32 Å². The lowest BCUT2D eigenvalue weighted by atomic mass is 10.1. The van der Waals surface area contributed by atoms with E-state index >= 15 is 0 Å². The van der Waals surface area contributed by atoms with Gasteiger partial charge in [0.1, 0.15) is 6.04 Å². The molecule has 1 atom stereocenters. The Balaban J connectivity index is 2.58. The van der Waals surface area contributed by atoms with Crippen molar-refractivity contribution >= 4 is 17.6 Å². The second-order valence-corrected chi connectivity index (χ2v) is 3.93. The third kappa shape index (κ3) is 3.53. The van der Waals surface area contributed by atoms with Gasteiger partial charge in [-0.05, 0) is 31.0 Å². The molecule has 4 heteroatoms. The quantitative estimate of drug-likeness (QED) is 0.829. The minimum atomic E-state index is -0.847. The molecule has 0 saturated carbocycles. The van der Waals surface area contributed by atoms with Crippen LogP contribution in [-0.4, -0.2) is 17.1 Å². The van der Waals surface area contributed by atoms with Gasteiger partial charge >= 0.3 is 5.97 Å². The zero-order chi connectivity index (χ0) is 11.4. The fourth-order valence-electron chi connectivity index (χ4n) is 1.18. The van der Waals surface area contributed by atoms with Crippen LogP contribution in [-0.2, 0) is 11.3 Å². The van der Waals surface area contributed by atoms with Gasteiger partial charge in [-0.1, -0.05) is 23.7 Å². The van der Waals surface area contributed by atoms with Gasteiger partial charge in [0.15, 0.2) is 0 Å². The van der Waals surface area contributed by atoms with Crippen LogP contribution in [0.3, 0.4) is 0 Å². The molecule has 1 aromatic carbocycles. The first kappa shape index (κ1) is 12.0. The Kier molecular flexibility index (Phi) is 4.12. The molecule has 82 valence electrons. The van der Waals surface area contributed by atoms with Crippen molar-refractivity contribution in [2.45, 2.75) is 26.4 Å². The van der Waals surface area contributed by atoms with Crippen LogP contribution in [0, 0.1) is 6.92 Å². The summed E-state index contributed by atoms with van der Waals surface area (Å²) in [6.45, 7) is 4.07. The van der Waals surface area contributed by atoms with Crippen molar-refractivity contribution in [2.75, 3.05) is 0 Å². The zero-order valence-electron chi connectivity index (χ0n) is 8.75. The molecular weight excluding hydrogens is 214 g/mol. The normalized spacial score (nSPS) is 12.5. The maximum Gasteiger partial charge on any atom is 0.320 e. The van der Waals surface area contributed by atoms with E-state index in [4.69, 9.17) is 16.7 Å². The second-order valence-electron chi connectivity index (χ2n) is 3.52. The number of hydrogen-bond donors (Lipinski definition) is 2. The van der Waals surface area contributed by atoms with E-state index in [9.17, 15) is 4.79 Å². The summed E-state index contributed by atoms with van der Waals surface area (Å²) < 4.78 is 0. The number of nitrogens with one attached hydrogen (secondary N) is 1. The fraction of sp³-hybridized carbons (Fsp3) is 0.364. The minimum Gasteiger partial charge on any atom is -0.480 e. The van der Waals surface area contributed by atoms with Crippen LogP contribution >= 0.6 is 11.6 Å². The summed E-state index contributed by atoms with van der Waals surface area (Å²) in [5, 5.41) is 12.3. The van der Waals surface area contributed by atoms with Gasteiger partial charge in [-0.2, -0.15) is 0 Å². The molecule has 0 radical (unpaired) electrons. The number of aliphatic carboxylic acids is 1. The third-order valence-corrected chi connectivity index (χ3v) is 2.63. The Bertz CT molecular complexity index is 366. The first-order chi connectivity index (χ1) is 7.00. The molecule has 0 unspecified atom stereocenters. The summed E-state index contributed by atoms with van der Waals surface area (Å²) in [7, 11) is 0. The SMILES string of the molecule is Cc1cc(CN[C@H](C)C(=O)O)ccc1Cl. The fourth-order valence-corrected chi connectivity index (χ4v) is 1.29. The van der Waals surface area contributed by atoms with E-state index in [-0.39, 0.29) is 0 Å². The molecule has 0 heterocycles. The molecular formula is C11H14ClNO2. The number of halogens is 1. The van der Waals surface area contributed by atoms with Gasteiger partial charge in [0, 0.05) is 11.6 Å². The van der Waals surface area contributed by atoms with Crippen molar-refractivity contribution in [1.82, 2.24) is 5.32 Å². The lowest BCUT2D eigenvalue weighted by molar-refractivity contribution is -0.139. The van der Waals surface area contributed by atoms with Gasteiger partial charge in [0.2, 0.25) is 0 Å². The van der Waals surface area contributed by atoms with Crippen LogP contribution in [0.25, 0.3) is 0 Å². The summed E-state index contributed by atoms with van der Waals surface area (Å²) in [5.41, 5.74) is 2.03. The highest BCUT2D eigenvalue weighted by Crippen LogP contribution is 2.16. The molecule has 0 fully saturated rings. The first-order valence-corrected chi connectivity index (χ1v) is 5.09. The molecule has 0 aliphatic carbocycles. The number of carboxylic acids is 1. The maximum absolute atomic E-state index is 10.6. The Hall–Kier alpha value is -1.06. The molecule has 0 aliphatic heterocycles. The van der Waals surface area contributed by atoms with Gasteiger partial charge in [-0.3, -0.25) is 4.79 Å². The minimum absolute atomic E-state index is 0.533. The van der Waals surface area contributed by atoms with Crippen LogP contribution in [0.15, 0.2) is 18.2 Å². The Labute approximate surface area is 94.1 Å². The molecule has 0 aliphatic rings. The molecule has 0 aromatic heterocycles. The highest BCUT2D eigenvalue weighted by atomic mass is 35.5. The number of hydrogen-bond acceptors (Lipinski definition) is 2. The summed E-state index contributed by atoms with van der Waals surface area (Å²) >= 11 is 5.88. The van der Waals surface area contributed by atoms with Gasteiger partial charge in [0.05, 0.1) is 0 Å². The van der Waals surface area contributed by atoms with Crippen molar-refractivity contribution in [3.63, 3.8) is 0 Å². The summed E-state index contributed by atoms with van der Waals surface area (Å²) in [6.07, 6.45) is 0. The van der Waals surface area contributed by atoms with E-state index < -0.39 is 12.0 Å². The molecule has 0 amide bonds. The molecule has 1 rings (SSSR count). The van der Waals surface area contributed by atoms with E-state index in [0.717, 1.165) is 16.1 Å². The van der Waals surface area contributed by atoms with Crippen LogP contribution in [0.2, 0.25) is 5.02 Å². The molecule has 1 aromatic rings. The Morgan fingerprint density at radius 1 is 1.60 bits per heavy atom. The van der Waals surface area contributed by atoms with Gasteiger partial charge < -0.3 is 10.4 Å². The van der Waals surface area contributed by atoms with E-state index in [0.29, 0.717) is 6.54 Å². The zero-order valence-corrected chi connectivity index (χ0v) is 9.51. The van der Waals surface area contributed by atoms with Gasteiger partial charge in [-0.15, -0.1) is 0 Å². The predicted octanol–water partition coefficient (Wildman–Crippen LogP) is 2.21. The largest absolute Gasteiger partial charge is 0.480 e. The average molecular weight is 228 g/mol. The van der Waals surface area contributed by atoms with Crippen LogP contribution in [0.1, 0.15) is 18.1 Å². The molecule has 2 N–H and O–H groups in total. The lowest BCUT2D eigenvalue weighted by Gasteiger charge is -2.09. The van der Waals surface area contributed by atoms with Crippen molar-refractivity contribution < 1.29 is 9.90 Å². The van der Waals surface area contributed by atoms with Crippen molar-refractivity contribution in [3.8, 4) is 0 Å². The summed E-state index contributed by atoms with van der Waals surface area (Å²) in [5.74, 6) is -0.847. The second kappa shape index (κ2) is 5.14. The maximum atomic E-state index is 10.6. The predicted molar refractivity (Wildman–Crippen MR) is 60.1 cm³/mol. The summed E-state index contributed by atoms with van der Waals surface area (Å²) in [4.78, 5) is 10.6. The first-order valence-electron chi connectivity index (χ1n) is 4.72. The number of carbonyl (C=O) groups is 1. The molecule has 0 bridgehead atoms. The van der Waals surface area contributed by atoms with Gasteiger partial charge in [0.25, 0.3) is 0 Å². The summed E-state index contributed by atoms with van der Waals surface area (Å²) in [6, 6.07) is 5.11. The average Bonchev–Trinajstić information content (AvgIpc) is 2.19. The molecule has 15 heavy (non-hydrogen) atoms. The number of benzene rings is 1. The smallest absolute Gasteiger partial charge is 0.320 e. The van der Waals surface area contributed by atoms with Gasteiger partial charge in [-0.25, -0.2) is 0 Å². The topological polar surface area (TPSA) is 49.3 Å². The lowest BCUT2D eigenvalue weighted by Crippen LogP contribution is -2.33. The highest BCUT2D eigenvalue weighted by Gasteiger charge is 2.09. The Morgan fingerprint density at radius 3 is 2.80 bits per heavy atom. The van der Waals surface area contributed by atoms with Crippen molar-refractivity contribution in [3.05, 3.63) is 34.3 Å². The number of carboxylic acid groups (broad SMARTS) is 1.